The van der Waals surface area contributed by atoms with Gasteiger partial charge in [0.05, 0.1) is 19.6 Å². The van der Waals surface area contributed by atoms with Crippen molar-refractivity contribution in [1.82, 2.24) is 5.32 Å². The molecule has 0 aliphatic heterocycles. The third-order valence-corrected chi connectivity index (χ3v) is 4.37. The average Bonchev–Trinajstić information content (AvgIpc) is 2.60. The van der Waals surface area contributed by atoms with Crippen LogP contribution in [0.5, 0.6) is 5.75 Å². The molecule has 1 saturated carbocycles. The van der Waals surface area contributed by atoms with Gasteiger partial charge in [0, 0.05) is 12.1 Å². The highest BCUT2D eigenvalue weighted by Gasteiger charge is 2.31. The van der Waals surface area contributed by atoms with Crippen molar-refractivity contribution in [1.29, 1.82) is 0 Å². The van der Waals surface area contributed by atoms with E-state index >= 15 is 0 Å². The number of ether oxygens (including phenoxy) is 2. The third-order valence-electron chi connectivity index (χ3n) is 4.37. The summed E-state index contributed by atoms with van der Waals surface area (Å²) >= 11 is 0. The van der Waals surface area contributed by atoms with Crippen molar-refractivity contribution in [3.63, 3.8) is 0 Å². The Morgan fingerprint density at radius 3 is 2.52 bits per heavy atom. The first-order valence-electron chi connectivity index (χ1n) is 8.24. The highest BCUT2D eigenvalue weighted by Crippen LogP contribution is 2.30. The van der Waals surface area contributed by atoms with Crippen LogP contribution in [0, 0.1) is 11.8 Å². The van der Waals surface area contributed by atoms with Gasteiger partial charge in [-0.15, -0.1) is 0 Å². The molecule has 0 spiro atoms. The van der Waals surface area contributed by atoms with E-state index < -0.39 is 0 Å². The summed E-state index contributed by atoms with van der Waals surface area (Å²) in [5.41, 5.74) is 0.596. The summed E-state index contributed by atoms with van der Waals surface area (Å²) in [6.45, 7) is 3.02. The summed E-state index contributed by atoms with van der Waals surface area (Å²) in [5.74, 6) is 0.520. The largest absolute Gasteiger partial charge is 0.494 e. The van der Waals surface area contributed by atoms with E-state index in [2.05, 4.69) is 5.32 Å². The summed E-state index contributed by atoms with van der Waals surface area (Å²) < 4.78 is 10.2. The van der Waals surface area contributed by atoms with Crippen molar-refractivity contribution in [2.75, 3.05) is 20.3 Å². The van der Waals surface area contributed by atoms with E-state index in [0.717, 1.165) is 31.4 Å². The molecule has 0 radical (unpaired) electrons. The minimum Gasteiger partial charge on any atom is -0.494 e. The van der Waals surface area contributed by atoms with Gasteiger partial charge in [-0.1, -0.05) is 12.8 Å². The Bertz CT molecular complexity index is 526. The fourth-order valence-corrected chi connectivity index (χ4v) is 3.11. The van der Waals surface area contributed by atoms with E-state index in [-0.39, 0.29) is 23.7 Å². The lowest BCUT2D eigenvalue weighted by Crippen LogP contribution is -2.37. The minimum atomic E-state index is -0.162. The number of amides is 1. The van der Waals surface area contributed by atoms with Gasteiger partial charge in [-0.3, -0.25) is 9.59 Å². The number of nitrogens with one attached hydrogen (secondary N) is 1. The number of hydrogen-bond acceptors (Lipinski definition) is 4. The molecule has 0 heterocycles. The van der Waals surface area contributed by atoms with Crippen LogP contribution in [-0.4, -0.2) is 32.1 Å². The first-order valence-corrected chi connectivity index (χ1v) is 8.24. The number of esters is 1. The van der Waals surface area contributed by atoms with Gasteiger partial charge in [-0.25, -0.2) is 0 Å². The van der Waals surface area contributed by atoms with Crippen LogP contribution in [0.1, 0.15) is 43.0 Å². The zero-order valence-corrected chi connectivity index (χ0v) is 13.8. The van der Waals surface area contributed by atoms with Crippen LogP contribution in [0.3, 0.4) is 0 Å². The van der Waals surface area contributed by atoms with E-state index in [1.54, 1.807) is 24.3 Å². The van der Waals surface area contributed by atoms with Crippen LogP contribution in [0.25, 0.3) is 0 Å². The van der Waals surface area contributed by atoms with Crippen LogP contribution >= 0.6 is 0 Å². The van der Waals surface area contributed by atoms with Crippen LogP contribution in [0.15, 0.2) is 24.3 Å². The molecule has 126 valence electrons. The number of methoxy groups -OCH3 is 1. The fourth-order valence-electron chi connectivity index (χ4n) is 3.11. The van der Waals surface area contributed by atoms with E-state index in [0.29, 0.717) is 18.7 Å². The molecule has 1 aromatic rings. The molecule has 1 aliphatic carbocycles. The Balaban J connectivity index is 1.90. The third kappa shape index (κ3) is 4.71. The second kappa shape index (κ2) is 8.56. The van der Waals surface area contributed by atoms with Crippen molar-refractivity contribution >= 4 is 11.9 Å². The molecule has 5 heteroatoms. The van der Waals surface area contributed by atoms with Crippen molar-refractivity contribution in [2.45, 2.75) is 32.6 Å². The molecule has 1 aromatic carbocycles. The van der Waals surface area contributed by atoms with E-state index in [1.807, 2.05) is 6.92 Å². The van der Waals surface area contributed by atoms with Crippen molar-refractivity contribution in [3.8, 4) is 5.75 Å². The van der Waals surface area contributed by atoms with E-state index in [9.17, 15) is 9.59 Å². The van der Waals surface area contributed by atoms with Crippen LogP contribution < -0.4 is 10.1 Å². The Morgan fingerprint density at radius 2 is 1.87 bits per heavy atom. The molecule has 1 amide bonds. The van der Waals surface area contributed by atoms with Gasteiger partial charge < -0.3 is 14.8 Å². The van der Waals surface area contributed by atoms with Crippen LogP contribution in [-0.2, 0) is 9.53 Å². The second-order valence-electron chi connectivity index (χ2n) is 5.84. The summed E-state index contributed by atoms with van der Waals surface area (Å²) in [6, 6.07) is 7.07. The predicted octanol–water partition coefficient (Wildman–Crippen LogP) is 2.79. The molecule has 2 atom stereocenters. The van der Waals surface area contributed by atoms with Crippen molar-refractivity contribution in [3.05, 3.63) is 29.8 Å². The zero-order chi connectivity index (χ0) is 16.7. The molecule has 0 bridgehead atoms. The van der Waals surface area contributed by atoms with Gasteiger partial charge in [-0.2, -0.15) is 0 Å². The Kier molecular flexibility index (Phi) is 6.44. The average molecular weight is 319 g/mol. The Hall–Kier alpha value is -2.04. The smallest absolute Gasteiger partial charge is 0.309 e. The minimum absolute atomic E-state index is 0.102. The number of carbonyl (C=O) groups excluding carboxylic acids is 2. The molecule has 2 unspecified atom stereocenters. The topological polar surface area (TPSA) is 64.6 Å². The fraction of sp³-hybridized carbons (Fsp3) is 0.556. The molecule has 1 aliphatic rings. The monoisotopic (exact) mass is 319 g/mol. The first kappa shape index (κ1) is 17.3. The first-order chi connectivity index (χ1) is 11.2. The molecule has 1 fully saturated rings. The maximum Gasteiger partial charge on any atom is 0.309 e. The number of carbonyl (C=O) groups is 2. The van der Waals surface area contributed by atoms with Crippen molar-refractivity contribution in [2.24, 2.45) is 11.8 Å². The van der Waals surface area contributed by atoms with Crippen molar-refractivity contribution < 1.29 is 19.1 Å². The lowest BCUT2D eigenvalue weighted by Gasteiger charge is -2.29. The molecule has 0 saturated heterocycles. The molecular weight excluding hydrogens is 294 g/mol. The molecular formula is C18H25NO4. The van der Waals surface area contributed by atoms with Gasteiger partial charge >= 0.3 is 5.97 Å². The zero-order valence-electron chi connectivity index (χ0n) is 13.8. The molecule has 23 heavy (non-hydrogen) atoms. The molecule has 2 rings (SSSR count). The van der Waals surface area contributed by atoms with Gasteiger partial charge in [-0.05, 0) is 49.9 Å². The lowest BCUT2D eigenvalue weighted by atomic mass is 9.79. The quantitative estimate of drug-likeness (QED) is 0.819. The summed E-state index contributed by atoms with van der Waals surface area (Å²) in [5, 5.41) is 2.94. The van der Waals surface area contributed by atoms with Crippen LogP contribution in [0.4, 0.5) is 0 Å². The number of benzene rings is 1. The van der Waals surface area contributed by atoms with Gasteiger partial charge in [0.2, 0.25) is 0 Å². The maximum absolute atomic E-state index is 12.2. The Labute approximate surface area is 137 Å². The highest BCUT2D eigenvalue weighted by molar-refractivity contribution is 5.94. The second-order valence-corrected chi connectivity index (χ2v) is 5.84. The number of rotatable bonds is 6. The normalized spacial score (nSPS) is 20.6. The summed E-state index contributed by atoms with van der Waals surface area (Å²) in [6.07, 6.45) is 3.93. The van der Waals surface area contributed by atoms with Gasteiger partial charge in [0.25, 0.3) is 5.91 Å². The standard InChI is InChI=1S/C18H25NO4/c1-3-23-15-10-8-13(9-11-15)17(20)19-12-14-6-4-5-7-16(14)18(21)22-2/h8-11,14,16H,3-7,12H2,1-2H3,(H,19,20). The lowest BCUT2D eigenvalue weighted by molar-refractivity contribution is -0.148. The molecule has 1 N–H and O–H groups in total. The van der Waals surface area contributed by atoms with Gasteiger partial charge in [0.15, 0.2) is 0 Å². The summed E-state index contributed by atoms with van der Waals surface area (Å²) in [7, 11) is 1.42. The van der Waals surface area contributed by atoms with E-state index in [1.165, 1.54) is 7.11 Å². The van der Waals surface area contributed by atoms with E-state index in [4.69, 9.17) is 9.47 Å². The maximum atomic E-state index is 12.2. The summed E-state index contributed by atoms with van der Waals surface area (Å²) in [4.78, 5) is 24.1. The molecule has 0 aromatic heterocycles. The van der Waals surface area contributed by atoms with Gasteiger partial charge in [0.1, 0.15) is 5.75 Å². The van der Waals surface area contributed by atoms with Crippen LogP contribution in [0.2, 0.25) is 0 Å². The number of hydrogen-bond donors (Lipinski definition) is 1. The Morgan fingerprint density at radius 1 is 1.17 bits per heavy atom. The molecule has 5 nitrogen and oxygen atoms in total. The highest BCUT2D eigenvalue weighted by atomic mass is 16.5. The predicted molar refractivity (Wildman–Crippen MR) is 87.4 cm³/mol. The SMILES string of the molecule is CCOc1ccc(C(=O)NCC2CCCCC2C(=O)OC)cc1.